The molecule has 0 fully saturated rings. The van der Waals surface area contributed by atoms with Crippen molar-refractivity contribution in [1.82, 2.24) is 4.98 Å². The molecule has 1 aromatic heterocycles. The normalized spacial score (nSPS) is 11.4. The predicted molar refractivity (Wildman–Crippen MR) is 128 cm³/mol. The molecular formula is C25H23ClF3N3O2. The number of hydrogen-bond acceptors (Lipinski definition) is 5. The van der Waals surface area contributed by atoms with Crippen molar-refractivity contribution >= 4 is 23.6 Å². The third kappa shape index (κ3) is 6.99. The number of hydrogen-bond donors (Lipinski definition) is 1. The molecule has 3 rings (SSSR count). The lowest BCUT2D eigenvalue weighted by atomic mass is 10.1. The zero-order chi connectivity index (χ0) is 24.6. The summed E-state index contributed by atoms with van der Waals surface area (Å²) in [4.78, 5) is 3.73. The lowest BCUT2D eigenvalue weighted by Crippen LogP contribution is -2.06. The molecule has 1 heterocycles. The number of alkyl halides is 3. The summed E-state index contributed by atoms with van der Waals surface area (Å²) < 4.78 is 49.9. The molecule has 0 aliphatic rings. The zero-order valence-electron chi connectivity index (χ0n) is 18.4. The van der Waals surface area contributed by atoms with Crippen LogP contribution in [-0.2, 0) is 19.2 Å². The summed E-state index contributed by atoms with van der Waals surface area (Å²) in [6.45, 7) is 6.44. The average Bonchev–Trinajstić information content (AvgIpc) is 2.80. The minimum absolute atomic E-state index is 0.184. The van der Waals surface area contributed by atoms with Crippen LogP contribution in [0.25, 0.3) is 0 Å². The highest BCUT2D eigenvalue weighted by atomic mass is 35.5. The molecule has 0 radical (unpaired) electrons. The number of allylic oxidation sites excluding steroid dienone is 1. The van der Waals surface area contributed by atoms with E-state index in [9.17, 15) is 13.2 Å². The lowest BCUT2D eigenvalue weighted by Gasteiger charge is -2.17. The molecule has 0 saturated carbocycles. The van der Waals surface area contributed by atoms with Gasteiger partial charge in [0.2, 0.25) is 0 Å². The van der Waals surface area contributed by atoms with Crippen molar-refractivity contribution in [2.75, 3.05) is 12.0 Å². The first-order valence-electron chi connectivity index (χ1n) is 10.4. The molecule has 2 aromatic carbocycles. The Hall–Kier alpha value is -3.52. The molecule has 178 valence electrons. The number of nitrogens with zero attached hydrogens (tertiary/aromatic N) is 2. The summed E-state index contributed by atoms with van der Waals surface area (Å²) in [5.74, 6) is 1.33. The van der Waals surface area contributed by atoms with E-state index in [1.807, 2.05) is 25.1 Å². The largest absolute Gasteiger partial charge is 0.490 e. The second-order valence-corrected chi connectivity index (χ2v) is 7.58. The summed E-state index contributed by atoms with van der Waals surface area (Å²) in [5.41, 5.74) is 4.31. The highest BCUT2D eigenvalue weighted by Crippen LogP contribution is 2.34. The van der Waals surface area contributed by atoms with Crippen LogP contribution in [0.4, 0.5) is 19.0 Å². The van der Waals surface area contributed by atoms with Crippen LogP contribution in [0.5, 0.6) is 11.5 Å². The first kappa shape index (κ1) is 25.1. The van der Waals surface area contributed by atoms with E-state index < -0.39 is 11.7 Å². The molecule has 0 amide bonds. The number of ether oxygens (including phenoxy) is 2. The Bertz CT molecular complexity index is 1130. The Kier molecular flexibility index (Phi) is 8.54. The molecular weight excluding hydrogens is 467 g/mol. The molecule has 0 bridgehead atoms. The second kappa shape index (κ2) is 11.6. The summed E-state index contributed by atoms with van der Waals surface area (Å²) >= 11 is 5.95. The molecule has 0 saturated heterocycles. The lowest BCUT2D eigenvalue weighted by molar-refractivity contribution is -0.137. The van der Waals surface area contributed by atoms with Crippen LogP contribution in [0.15, 0.2) is 72.5 Å². The standard InChI is InChI=1S/C25H23ClF3N3O2/c1-3-5-19-12-18(14-31-32-23-11-8-20(15-30-23)25(27,28)29)13-22(33-4-2)24(19)34-16-17-6-9-21(26)10-7-17/h3,6-15H,1,4-5,16H2,2H3,(H,30,32)/b31-14-. The van der Waals surface area contributed by atoms with Gasteiger partial charge in [0, 0.05) is 16.8 Å². The van der Waals surface area contributed by atoms with E-state index in [1.54, 1.807) is 24.3 Å². The van der Waals surface area contributed by atoms with Crippen molar-refractivity contribution in [1.29, 1.82) is 0 Å². The monoisotopic (exact) mass is 489 g/mol. The average molecular weight is 490 g/mol. The van der Waals surface area contributed by atoms with Gasteiger partial charge in [-0.05, 0) is 60.9 Å². The van der Waals surface area contributed by atoms with E-state index in [1.165, 1.54) is 12.3 Å². The van der Waals surface area contributed by atoms with Gasteiger partial charge < -0.3 is 9.47 Å². The number of anilines is 1. The van der Waals surface area contributed by atoms with Crippen molar-refractivity contribution in [3.63, 3.8) is 0 Å². The van der Waals surface area contributed by atoms with Crippen LogP contribution < -0.4 is 14.9 Å². The van der Waals surface area contributed by atoms with E-state index in [-0.39, 0.29) is 5.82 Å². The number of halogens is 4. The maximum atomic E-state index is 12.7. The van der Waals surface area contributed by atoms with Gasteiger partial charge in [-0.25, -0.2) is 4.98 Å². The number of nitrogens with one attached hydrogen (secondary N) is 1. The Labute approximate surface area is 200 Å². The molecule has 0 unspecified atom stereocenters. The number of rotatable bonds is 10. The predicted octanol–water partition coefficient (Wildman–Crippen LogP) is 6.91. The van der Waals surface area contributed by atoms with Gasteiger partial charge in [0.15, 0.2) is 11.5 Å². The highest BCUT2D eigenvalue weighted by Gasteiger charge is 2.30. The minimum Gasteiger partial charge on any atom is -0.490 e. The van der Waals surface area contributed by atoms with E-state index in [0.717, 1.165) is 23.4 Å². The van der Waals surface area contributed by atoms with Gasteiger partial charge in [-0.15, -0.1) is 6.58 Å². The molecule has 3 aromatic rings. The molecule has 0 aliphatic heterocycles. The van der Waals surface area contributed by atoms with Gasteiger partial charge >= 0.3 is 6.18 Å². The summed E-state index contributed by atoms with van der Waals surface area (Å²) in [5, 5.41) is 4.73. The maximum absolute atomic E-state index is 12.7. The van der Waals surface area contributed by atoms with Crippen LogP contribution >= 0.6 is 11.6 Å². The number of hydrazone groups is 1. The molecule has 0 atom stereocenters. The van der Waals surface area contributed by atoms with Gasteiger partial charge in [-0.2, -0.15) is 18.3 Å². The Morgan fingerprint density at radius 3 is 2.50 bits per heavy atom. The van der Waals surface area contributed by atoms with E-state index in [0.29, 0.717) is 41.7 Å². The number of aromatic nitrogens is 1. The molecule has 34 heavy (non-hydrogen) atoms. The zero-order valence-corrected chi connectivity index (χ0v) is 19.2. The van der Waals surface area contributed by atoms with Crippen molar-refractivity contribution in [3.8, 4) is 11.5 Å². The third-order valence-corrected chi connectivity index (χ3v) is 4.85. The third-order valence-electron chi connectivity index (χ3n) is 4.60. The van der Waals surface area contributed by atoms with Crippen molar-refractivity contribution in [2.45, 2.75) is 26.1 Å². The van der Waals surface area contributed by atoms with Gasteiger partial charge in [-0.1, -0.05) is 29.8 Å². The van der Waals surface area contributed by atoms with Gasteiger partial charge in [0.25, 0.3) is 0 Å². The first-order valence-corrected chi connectivity index (χ1v) is 10.8. The fourth-order valence-corrected chi connectivity index (χ4v) is 3.15. The smallest absolute Gasteiger partial charge is 0.417 e. The molecule has 1 N–H and O–H groups in total. The Morgan fingerprint density at radius 2 is 1.88 bits per heavy atom. The van der Waals surface area contributed by atoms with Gasteiger partial charge in [0.05, 0.1) is 18.4 Å². The van der Waals surface area contributed by atoms with Crippen molar-refractivity contribution in [2.24, 2.45) is 5.10 Å². The van der Waals surface area contributed by atoms with Crippen LogP contribution in [-0.4, -0.2) is 17.8 Å². The van der Waals surface area contributed by atoms with E-state index in [2.05, 4.69) is 22.1 Å². The molecule has 9 heteroatoms. The topological polar surface area (TPSA) is 55.7 Å². The second-order valence-electron chi connectivity index (χ2n) is 7.15. The van der Waals surface area contributed by atoms with Crippen LogP contribution in [0.3, 0.4) is 0 Å². The van der Waals surface area contributed by atoms with E-state index in [4.69, 9.17) is 21.1 Å². The highest BCUT2D eigenvalue weighted by molar-refractivity contribution is 6.30. The summed E-state index contributed by atoms with van der Waals surface area (Å²) in [6, 6.07) is 13.2. The summed E-state index contributed by atoms with van der Waals surface area (Å²) in [6.07, 6.45) is 0.123. The Morgan fingerprint density at radius 1 is 1.12 bits per heavy atom. The quantitative estimate of drug-likeness (QED) is 0.191. The molecule has 5 nitrogen and oxygen atoms in total. The van der Waals surface area contributed by atoms with Crippen molar-refractivity contribution in [3.05, 3.63) is 94.7 Å². The Balaban J connectivity index is 1.79. The minimum atomic E-state index is -4.44. The van der Waals surface area contributed by atoms with Gasteiger partial charge in [-0.3, -0.25) is 5.43 Å². The summed E-state index contributed by atoms with van der Waals surface area (Å²) in [7, 11) is 0. The van der Waals surface area contributed by atoms with Crippen molar-refractivity contribution < 1.29 is 22.6 Å². The first-order chi connectivity index (χ1) is 16.3. The number of benzene rings is 2. The number of pyridine rings is 1. The fourth-order valence-electron chi connectivity index (χ4n) is 3.03. The van der Waals surface area contributed by atoms with Crippen LogP contribution in [0.2, 0.25) is 5.02 Å². The van der Waals surface area contributed by atoms with E-state index >= 15 is 0 Å². The SMILES string of the molecule is C=CCc1cc(/C=N\Nc2ccc(C(F)(F)F)cn2)cc(OCC)c1OCc1ccc(Cl)cc1. The van der Waals surface area contributed by atoms with Crippen LogP contribution in [0.1, 0.15) is 29.2 Å². The van der Waals surface area contributed by atoms with Gasteiger partial charge in [0.1, 0.15) is 12.4 Å². The maximum Gasteiger partial charge on any atom is 0.417 e. The van der Waals surface area contributed by atoms with Crippen LogP contribution in [0, 0.1) is 0 Å². The molecule has 0 aliphatic carbocycles. The fraction of sp³-hybridized carbons (Fsp3) is 0.200. The molecule has 0 spiro atoms.